The summed E-state index contributed by atoms with van der Waals surface area (Å²) in [7, 11) is 0. The van der Waals surface area contributed by atoms with E-state index in [0.29, 0.717) is 19.0 Å². The van der Waals surface area contributed by atoms with Gasteiger partial charge in [0.05, 0.1) is 6.54 Å². The number of nitrogens with one attached hydrogen (secondary N) is 2. The maximum Gasteiger partial charge on any atom is 0.303 e. The molecule has 1 amide bonds. The summed E-state index contributed by atoms with van der Waals surface area (Å²) in [6.45, 7) is 8.60. The number of carboxylic acid groups (broad SMARTS) is 1. The first-order valence-corrected chi connectivity index (χ1v) is 7.39. The van der Waals surface area contributed by atoms with Crippen molar-refractivity contribution in [1.29, 1.82) is 0 Å². The van der Waals surface area contributed by atoms with Crippen LogP contribution in [0, 0.1) is 11.8 Å². The van der Waals surface area contributed by atoms with Crippen LogP contribution in [0.1, 0.15) is 26.7 Å². The Morgan fingerprint density at radius 3 is 2.50 bits per heavy atom. The smallest absolute Gasteiger partial charge is 0.303 e. The van der Waals surface area contributed by atoms with E-state index in [2.05, 4.69) is 29.4 Å². The summed E-state index contributed by atoms with van der Waals surface area (Å²) in [4.78, 5) is 24.8. The number of amides is 1. The standard InChI is InChI=1S/C14H27N3O3/c1-11(2)7-12(8-14(19)20)9-16-13(18)10-17-5-3-15-4-6-17/h11-12,15H,3-10H2,1-2H3,(H,16,18)(H,19,20)/t12-/m0/s1. The average Bonchev–Trinajstić information content (AvgIpc) is 2.36. The van der Waals surface area contributed by atoms with Gasteiger partial charge in [0.25, 0.3) is 0 Å². The van der Waals surface area contributed by atoms with E-state index in [-0.39, 0.29) is 18.2 Å². The highest BCUT2D eigenvalue weighted by Gasteiger charge is 2.17. The summed E-state index contributed by atoms with van der Waals surface area (Å²) in [5.74, 6) is -0.359. The van der Waals surface area contributed by atoms with Gasteiger partial charge in [0.15, 0.2) is 0 Å². The normalized spacial score (nSPS) is 17.9. The van der Waals surface area contributed by atoms with Gasteiger partial charge in [-0.25, -0.2) is 0 Å². The minimum Gasteiger partial charge on any atom is -0.481 e. The fourth-order valence-electron chi connectivity index (χ4n) is 2.54. The zero-order chi connectivity index (χ0) is 15.0. The number of aliphatic carboxylic acids is 1. The third kappa shape index (κ3) is 7.45. The summed E-state index contributed by atoms with van der Waals surface area (Å²) in [5, 5.41) is 15.0. The van der Waals surface area contributed by atoms with Crippen LogP contribution in [0.25, 0.3) is 0 Å². The molecule has 3 N–H and O–H groups in total. The van der Waals surface area contributed by atoms with Gasteiger partial charge in [0, 0.05) is 39.1 Å². The third-order valence-electron chi connectivity index (χ3n) is 3.43. The van der Waals surface area contributed by atoms with Crippen molar-refractivity contribution in [2.24, 2.45) is 11.8 Å². The van der Waals surface area contributed by atoms with Crippen LogP contribution in [0.15, 0.2) is 0 Å². The molecule has 1 aliphatic heterocycles. The molecule has 1 fully saturated rings. The van der Waals surface area contributed by atoms with Crippen LogP contribution in [-0.4, -0.2) is 61.2 Å². The number of piperazine rings is 1. The molecule has 20 heavy (non-hydrogen) atoms. The van der Waals surface area contributed by atoms with Gasteiger partial charge in [-0.15, -0.1) is 0 Å². The van der Waals surface area contributed by atoms with Crippen molar-refractivity contribution in [2.45, 2.75) is 26.7 Å². The molecule has 1 saturated heterocycles. The minimum atomic E-state index is -0.799. The number of rotatable bonds is 8. The van der Waals surface area contributed by atoms with E-state index in [1.165, 1.54) is 0 Å². The number of nitrogens with zero attached hydrogens (tertiary/aromatic N) is 1. The van der Waals surface area contributed by atoms with Crippen molar-refractivity contribution in [3.8, 4) is 0 Å². The van der Waals surface area contributed by atoms with Crippen molar-refractivity contribution in [1.82, 2.24) is 15.5 Å². The van der Waals surface area contributed by atoms with Crippen LogP contribution >= 0.6 is 0 Å². The van der Waals surface area contributed by atoms with Gasteiger partial charge in [0.1, 0.15) is 0 Å². The predicted molar refractivity (Wildman–Crippen MR) is 77.5 cm³/mol. The lowest BCUT2D eigenvalue weighted by Crippen LogP contribution is -2.48. The SMILES string of the molecule is CC(C)C[C@H](CNC(=O)CN1CCNCC1)CC(=O)O. The minimum absolute atomic E-state index is 0.00829. The van der Waals surface area contributed by atoms with Crippen LogP contribution in [0.5, 0.6) is 0 Å². The van der Waals surface area contributed by atoms with Crippen molar-refractivity contribution in [2.75, 3.05) is 39.3 Å². The number of hydrogen-bond acceptors (Lipinski definition) is 4. The van der Waals surface area contributed by atoms with Crippen LogP contribution in [0.2, 0.25) is 0 Å². The first-order chi connectivity index (χ1) is 9.47. The van der Waals surface area contributed by atoms with Crippen molar-refractivity contribution in [3.63, 3.8) is 0 Å². The lowest BCUT2D eigenvalue weighted by atomic mass is 9.94. The van der Waals surface area contributed by atoms with E-state index in [9.17, 15) is 9.59 Å². The first kappa shape index (κ1) is 16.9. The Balaban J connectivity index is 2.29. The Bertz CT molecular complexity index is 315. The molecule has 0 aromatic rings. The molecule has 0 saturated carbocycles. The summed E-state index contributed by atoms with van der Waals surface area (Å²) < 4.78 is 0. The number of carboxylic acids is 1. The van der Waals surface area contributed by atoms with Crippen LogP contribution in [0.4, 0.5) is 0 Å². The fourth-order valence-corrected chi connectivity index (χ4v) is 2.54. The van der Waals surface area contributed by atoms with Gasteiger partial charge in [-0.1, -0.05) is 13.8 Å². The van der Waals surface area contributed by atoms with E-state index >= 15 is 0 Å². The summed E-state index contributed by atoms with van der Waals surface area (Å²) in [6.07, 6.45) is 0.937. The molecule has 1 rings (SSSR count). The second-order valence-corrected chi connectivity index (χ2v) is 5.92. The molecule has 116 valence electrons. The molecule has 0 aromatic carbocycles. The summed E-state index contributed by atoms with van der Waals surface area (Å²) >= 11 is 0. The van der Waals surface area contributed by atoms with Crippen molar-refractivity contribution < 1.29 is 14.7 Å². The highest BCUT2D eigenvalue weighted by Crippen LogP contribution is 2.14. The van der Waals surface area contributed by atoms with Crippen LogP contribution < -0.4 is 10.6 Å². The van der Waals surface area contributed by atoms with Crippen molar-refractivity contribution >= 4 is 11.9 Å². The molecular formula is C14H27N3O3. The van der Waals surface area contributed by atoms with E-state index in [1.807, 2.05) is 0 Å². The molecule has 0 radical (unpaired) electrons. The Morgan fingerprint density at radius 2 is 1.95 bits per heavy atom. The summed E-state index contributed by atoms with van der Waals surface area (Å²) in [5.41, 5.74) is 0. The molecule has 0 unspecified atom stereocenters. The quantitative estimate of drug-likeness (QED) is 0.591. The zero-order valence-electron chi connectivity index (χ0n) is 12.5. The summed E-state index contributed by atoms with van der Waals surface area (Å²) in [6, 6.07) is 0. The maximum atomic E-state index is 11.9. The van der Waals surface area contributed by atoms with E-state index in [1.54, 1.807) is 0 Å². The average molecular weight is 285 g/mol. The van der Waals surface area contributed by atoms with Gasteiger partial charge in [-0.05, 0) is 18.3 Å². The molecule has 0 aliphatic carbocycles. The van der Waals surface area contributed by atoms with Crippen molar-refractivity contribution in [3.05, 3.63) is 0 Å². The number of hydrogen-bond donors (Lipinski definition) is 3. The van der Waals surface area contributed by atoms with Gasteiger partial charge < -0.3 is 15.7 Å². The van der Waals surface area contributed by atoms with Gasteiger partial charge in [-0.3, -0.25) is 14.5 Å². The lowest BCUT2D eigenvalue weighted by Gasteiger charge is -2.27. The highest BCUT2D eigenvalue weighted by molar-refractivity contribution is 5.78. The van der Waals surface area contributed by atoms with Gasteiger partial charge >= 0.3 is 5.97 Å². The monoisotopic (exact) mass is 285 g/mol. The fraction of sp³-hybridized carbons (Fsp3) is 0.857. The van der Waals surface area contributed by atoms with E-state index in [0.717, 1.165) is 32.6 Å². The molecule has 1 aliphatic rings. The molecule has 1 atom stereocenters. The topological polar surface area (TPSA) is 81.7 Å². The van der Waals surface area contributed by atoms with Crippen LogP contribution in [0.3, 0.4) is 0 Å². The predicted octanol–water partition coefficient (Wildman–Crippen LogP) is 0.145. The molecule has 6 nitrogen and oxygen atoms in total. The Labute approximate surface area is 120 Å². The third-order valence-corrected chi connectivity index (χ3v) is 3.43. The Kier molecular flexibility index (Phi) is 7.54. The van der Waals surface area contributed by atoms with Crippen LogP contribution in [-0.2, 0) is 9.59 Å². The molecule has 0 bridgehead atoms. The van der Waals surface area contributed by atoms with E-state index < -0.39 is 5.97 Å². The molecular weight excluding hydrogens is 258 g/mol. The Hall–Kier alpha value is -1.14. The molecule has 1 heterocycles. The number of carbonyl (C=O) groups is 2. The second kappa shape index (κ2) is 8.92. The first-order valence-electron chi connectivity index (χ1n) is 7.39. The molecule has 6 heteroatoms. The Morgan fingerprint density at radius 1 is 1.30 bits per heavy atom. The van der Waals surface area contributed by atoms with Gasteiger partial charge in [-0.2, -0.15) is 0 Å². The molecule has 0 spiro atoms. The number of carbonyl (C=O) groups excluding carboxylic acids is 1. The van der Waals surface area contributed by atoms with Gasteiger partial charge in [0.2, 0.25) is 5.91 Å². The van der Waals surface area contributed by atoms with E-state index in [4.69, 9.17) is 5.11 Å². The highest BCUT2D eigenvalue weighted by atomic mass is 16.4. The zero-order valence-corrected chi connectivity index (χ0v) is 12.5. The largest absolute Gasteiger partial charge is 0.481 e. The second-order valence-electron chi connectivity index (χ2n) is 5.92. The lowest BCUT2D eigenvalue weighted by molar-refractivity contribution is -0.138. The molecule has 0 aromatic heterocycles. The maximum absolute atomic E-state index is 11.9.